The van der Waals surface area contributed by atoms with Crippen molar-refractivity contribution in [2.45, 2.75) is 96.2 Å². The molecule has 0 bridgehead atoms. The van der Waals surface area contributed by atoms with Gasteiger partial charge in [-0.1, -0.05) is 76.3 Å². The van der Waals surface area contributed by atoms with Crippen molar-refractivity contribution in [1.29, 1.82) is 0 Å². The highest BCUT2D eigenvalue weighted by Gasteiger charge is 2.48. The van der Waals surface area contributed by atoms with Gasteiger partial charge < -0.3 is 10.2 Å². The molecule has 2 heterocycles. The Morgan fingerprint density at radius 3 is 2.45 bits per heavy atom. The van der Waals surface area contributed by atoms with Gasteiger partial charge in [-0.15, -0.1) is 0 Å². The van der Waals surface area contributed by atoms with Crippen molar-refractivity contribution in [2.24, 2.45) is 0 Å². The molecule has 2 amide bonds. The first-order valence-corrected chi connectivity index (χ1v) is 12.6. The number of carbonyl (C=O) groups excluding carboxylic acids is 2. The molecule has 2 aromatic rings. The summed E-state index contributed by atoms with van der Waals surface area (Å²) in [5.74, 6) is 0.0669. The zero-order chi connectivity index (χ0) is 23.4. The third-order valence-corrected chi connectivity index (χ3v) is 7.30. The van der Waals surface area contributed by atoms with Crippen molar-refractivity contribution in [3.8, 4) is 0 Å². The lowest BCUT2D eigenvalue weighted by molar-refractivity contribution is -0.134. The van der Waals surface area contributed by atoms with Crippen molar-refractivity contribution < 1.29 is 9.59 Å². The molecule has 1 atom stereocenters. The van der Waals surface area contributed by atoms with Crippen LogP contribution in [0.1, 0.15) is 93.4 Å². The van der Waals surface area contributed by atoms with Gasteiger partial charge in [0.1, 0.15) is 11.2 Å². The molecule has 1 N–H and O–H groups in total. The van der Waals surface area contributed by atoms with Crippen LogP contribution in [0.4, 0.5) is 0 Å². The van der Waals surface area contributed by atoms with Crippen LogP contribution in [0, 0.1) is 0 Å². The normalized spacial score (nSPS) is 22.1. The summed E-state index contributed by atoms with van der Waals surface area (Å²) >= 11 is 0. The van der Waals surface area contributed by atoms with Crippen molar-refractivity contribution in [1.82, 2.24) is 20.0 Å². The Balaban J connectivity index is 1.60. The highest BCUT2D eigenvalue weighted by atomic mass is 16.2. The third kappa shape index (κ3) is 5.15. The molecular formula is C27H38N4O2. The van der Waals surface area contributed by atoms with E-state index in [2.05, 4.69) is 31.3 Å². The van der Waals surface area contributed by atoms with E-state index in [0.717, 1.165) is 36.9 Å². The summed E-state index contributed by atoms with van der Waals surface area (Å²) < 4.78 is 1.76. The fourth-order valence-corrected chi connectivity index (χ4v) is 5.12. The number of fused-ring (bicyclic) bond motifs is 1. The minimum Gasteiger partial charge on any atom is -0.351 e. The second-order valence-corrected chi connectivity index (χ2v) is 10.2. The van der Waals surface area contributed by atoms with Gasteiger partial charge in [0.15, 0.2) is 0 Å². The number of amides is 2. The largest absolute Gasteiger partial charge is 0.351 e. The molecule has 178 valence electrons. The lowest BCUT2D eigenvalue weighted by Gasteiger charge is -2.44. The summed E-state index contributed by atoms with van der Waals surface area (Å²) in [6.07, 6.45) is 8.82. The molecule has 1 fully saturated rings. The predicted molar refractivity (Wildman–Crippen MR) is 130 cm³/mol. The van der Waals surface area contributed by atoms with Crippen LogP contribution in [0.5, 0.6) is 0 Å². The van der Waals surface area contributed by atoms with Crippen molar-refractivity contribution in [3.05, 3.63) is 53.3 Å². The topological polar surface area (TPSA) is 67.2 Å². The van der Waals surface area contributed by atoms with Crippen LogP contribution in [0.2, 0.25) is 0 Å². The van der Waals surface area contributed by atoms with E-state index < -0.39 is 5.54 Å². The number of aromatic nitrogens is 2. The van der Waals surface area contributed by atoms with Crippen LogP contribution in [-0.2, 0) is 17.8 Å². The average molecular weight is 451 g/mol. The van der Waals surface area contributed by atoms with E-state index in [1.54, 1.807) is 9.58 Å². The second kappa shape index (κ2) is 10.1. The molecule has 1 saturated carbocycles. The Morgan fingerprint density at radius 1 is 1.12 bits per heavy atom. The van der Waals surface area contributed by atoms with Crippen LogP contribution in [0.3, 0.4) is 0 Å². The zero-order valence-corrected chi connectivity index (χ0v) is 20.3. The summed E-state index contributed by atoms with van der Waals surface area (Å²) in [5.41, 5.74) is 1.67. The highest BCUT2D eigenvalue weighted by molar-refractivity contribution is 5.99. The van der Waals surface area contributed by atoms with Gasteiger partial charge in [0.2, 0.25) is 5.91 Å². The minimum absolute atomic E-state index is 0.0540. The monoisotopic (exact) mass is 450 g/mol. The molecule has 6 heteroatoms. The van der Waals surface area contributed by atoms with Gasteiger partial charge in [0.05, 0.1) is 12.2 Å². The standard InChI is InChI=1S/C27H38N4O2/c1-20(2)23-18-24-25(32)30(17-16-21-12-8-7-9-13-21)27(3,19-31(24)29-23)26(33)28-22-14-10-5-4-6-11-15-22/h7-9,12-13,18,20,22H,4-6,10-11,14-17,19H2,1-3H3,(H,28,33)/t27-/m0/s1. The molecule has 1 aromatic heterocycles. The number of hydrogen-bond donors (Lipinski definition) is 1. The van der Waals surface area contributed by atoms with E-state index in [-0.39, 0.29) is 23.8 Å². The molecule has 0 spiro atoms. The summed E-state index contributed by atoms with van der Waals surface area (Å²) in [6, 6.07) is 12.2. The van der Waals surface area contributed by atoms with E-state index in [1.165, 1.54) is 19.3 Å². The number of nitrogens with one attached hydrogen (secondary N) is 1. The number of nitrogens with zero attached hydrogens (tertiary/aromatic N) is 3. The van der Waals surface area contributed by atoms with Gasteiger partial charge in [0, 0.05) is 12.6 Å². The first-order valence-electron chi connectivity index (χ1n) is 12.6. The van der Waals surface area contributed by atoms with Gasteiger partial charge in [-0.25, -0.2) is 0 Å². The SMILES string of the molecule is CC(C)c1cc2n(n1)C[C@@](C)(C(=O)NC1CCCCCCC1)N(CCc1ccccc1)C2=O. The predicted octanol–water partition coefficient (Wildman–Crippen LogP) is 4.69. The maximum atomic E-state index is 13.8. The van der Waals surface area contributed by atoms with Gasteiger partial charge in [0.25, 0.3) is 5.91 Å². The first-order chi connectivity index (χ1) is 15.9. The quantitative estimate of drug-likeness (QED) is 0.694. The lowest BCUT2D eigenvalue weighted by Crippen LogP contribution is -2.65. The van der Waals surface area contributed by atoms with Gasteiger partial charge in [-0.05, 0) is 43.7 Å². The van der Waals surface area contributed by atoms with E-state index >= 15 is 0 Å². The molecule has 4 rings (SSSR count). The lowest BCUT2D eigenvalue weighted by atomic mass is 9.92. The van der Waals surface area contributed by atoms with Gasteiger partial charge >= 0.3 is 0 Å². The molecule has 0 radical (unpaired) electrons. The Kier molecular flexibility index (Phi) is 7.20. The Hall–Kier alpha value is -2.63. The zero-order valence-electron chi connectivity index (χ0n) is 20.3. The maximum Gasteiger partial charge on any atom is 0.273 e. The Morgan fingerprint density at radius 2 is 1.79 bits per heavy atom. The van der Waals surface area contributed by atoms with Crippen LogP contribution in [0.15, 0.2) is 36.4 Å². The summed E-state index contributed by atoms with van der Waals surface area (Å²) in [4.78, 5) is 29.2. The molecule has 0 saturated heterocycles. The molecule has 1 aliphatic carbocycles. The van der Waals surface area contributed by atoms with Crippen LogP contribution < -0.4 is 5.32 Å². The minimum atomic E-state index is -0.971. The summed E-state index contributed by atoms with van der Waals surface area (Å²) in [6.45, 7) is 6.95. The number of carbonyl (C=O) groups is 2. The highest BCUT2D eigenvalue weighted by Crippen LogP contribution is 2.30. The van der Waals surface area contributed by atoms with Crippen LogP contribution in [0.25, 0.3) is 0 Å². The maximum absolute atomic E-state index is 13.8. The fraction of sp³-hybridized carbons (Fsp3) is 0.593. The van der Waals surface area contributed by atoms with Gasteiger partial charge in [-0.2, -0.15) is 5.10 Å². The summed E-state index contributed by atoms with van der Waals surface area (Å²) in [7, 11) is 0. The van der Waals surface area contributed by atoms with E-state index in [9.17, 15) is 9.59 Å². The number of rotatable bonds is 6. The van der Waals surface area contributed by atoms with Crippen molar-refractivity contribution in [2.75, 3.05) is 6.54 Å². The molecule has 2 aliphatic rings. The molecule has 33 heavy (non-hydrogen) atoms. The molecule has 6 nitrogen and oxygen atoms in total. The second-order valence-electron chi connectivity index (χ2n) is 10.2. The molecule has 1 aliphatic heterocycles. The number of hydrogen-bond acceptors (Lipinski definition) is 3. The smallest absolute Gasteiger partial charge is 0.273 e. The molecule has 0 unspecified atom stereocenters. The molecular weight excluding hydrogens is 412 g/mol. The van der Waals surface area contributed by atoms with E-state index in [4.69, 9.17) is 5.10 Å². The van der Waals surface area contributed by atoms with Crippen LogP contribution >= 0.6 is 0 Å². The first kappa shape index (κ1) is 23.5. The summed E-state index contributed by atoms with van der Waals surface area (Å²) in [5, 5.41) is 8.03. The Labute approximate surface area is 197 Å². The molecule has 1 aromatic carbocycles. The van der Waals surface area contributed by atoms with Crippen LogP contribution in [-0.4, -0.2) is 44.6 Å². The number of benzene rings is 1. The van der Waals surface area contributed by atoms with Gasteiger partial charge in [-0.3, -0.25) is 14.3 Å². The Bertz CT molecular complexity index is 960. The average Bonchev–Trinajstić information content (AvgIpc) is 3.20. The fourth-order valence-electron chi connectivity index (χ4n) is 5.12. The van der Waals surface area contributed by atoms with E-state index in [1.807, 2.05) is 31.2 Å². The third-order valence-electron chi connectivity index (χ3n) is 7.30. The van der Waals surface area contributed by atoms with Crippen molar-refractivity contribution in [3.63, 3.8) is 0 Å². The van der Waals surface area contributed by atoms with Crippen molar-refractivity contribution >= 4 is 11.8 Å². The van der Waals surface area contributed by atoms with E-state index in [0.29, 0.717) is 25.2 Å².